The standard InChI is InChI=1S/C20H23ClN2O/c1-14-11-18(5-6-19(14)21)20(24)23-9-7-16(8-10-23)17-4-2-3-15(12-17)13-22/h2-6,11-12,16H,7-10,13,22H2,1H3. The lowest BCUT2D eigenvalue weighted by molar-refractivity contribution is 0.0713. The quantitative estimate of drug-likeness (QED) is 0.911. The van der Waals surface area contributed by atoms with Gasteiger partial charge >= 0.3 is 0 Å². The van der Waals surface area contributed by atoms with E-state index in [-0.39, 0.29) is 5.91 Å². The number of rotatable bonds is 3. The van der Waals surface area contributed by atoms with E-state index < -0.39 is 0 Å². The van der Waals surface area contributed by atoms with Crippen molar-refractivity contribution in [2.24, 2.45) is 5.73 Å². The molecule has 1 amide bonds. The molecule has 2 aromatic rings. The van der Waals surface area contributed by atoms with Crippen molar-refractivity contribution >= 4 is 17.5 Å². The van der Waals surface area contributed by atoms with Gasteiger partial charge in [-0.2, -0.15) is 0 Å². The second-order valence-corrected chi connectivity index (χ2v) is 6.89. The van der Waals surface area contributed by atoms with E-state index in [1.807, 2.05) is 24.0 Å². The highest BCUT2D eigenvalue weighted by molar-refractivity contribution is 6.31. The molecule has 1 heterocycles. The van der Waals surface area contributed by atoms with Gasteiger partial charge in [-0.05, 0) is 60.6 Å². The summed E-state index contributed by atoms with van der Waals surface area (Å²) >= 11 is 6.05. The Kier molecular flexibility index (Phi) is 5.22. The first-order valence-electron chi connectivity index (χ1n) is 8.43. The Morgan fingerprint density at radius 3 is 2.62 bits per heavy atom. The van der Waals surface area contributed by atoms with Gasteiger partial charge in [-0.1, -0.05) is 35.9 Å². The first-order valence-corrected chi connectivity index (χ1v) is 8.80. The number of aryl methyl sites for hydroxylation is 1. The molecule has 3 rings (SSSR count). The number of piperidine rings is 1. The van der Waals surface area contributed by atoms with Crippen LogP contribution in [0.4, 0.5) is 0 Å². The molecule has 0 aliphatic carbocycles. The average Bonchev–Trinajstić information content (AvgIpc) is 2.63. The van der Waals surface area contributed by atoms with Crippen LogP contribution >= 0.6 is 11.6 Å². The Bertz CT molecular complexity index is 736. The second-order valence-electron chi connectivity index (χ2n) is 6.48. The molecule has 0 spiro atoms. The van der Waals surface area contributed by atoms with E-state index in [9.17, 15) is 4.79 Å². The Morgan fingerprint density at radius 2 is 1.96 bits per heavy atom. The summed E-state index contributed by atoms with van der Waals surface area (Å²) in [4.78, 5) is 14.6. The van der Waals surface area contributed by atoms with Crippen LogP contribution in [0.3, 0.4) is 0 Å². The highest BCUT2D eigenvalue weighted by Gasteiger charge is 2.24. The molecule has 0 unspecified atom stereocenters. The Balaban J connectivity index is 1.65. The number of nitrogens with two attached hydrogens (primary N) is 1. The zero-order valence-electron chi connectivity index (χ0n) is 14.0. The normalized spacial score (nSPS) is 15.5. The van der Waals surface area contributed by atoms with E-state index in [1.165, 1.54) is 11.1 Å². The number of amides is 1. The average molecular weight is 343 g/mol. The van der Waals surface area contributed by atoms with Crippen molar-refractivity contribution in [3.63, 3.8) is 0 Å². The number of carbonyl (C=O) groups is 1. The molecule has 0 aromatic heterocycles. The maximum absolute atomic E-state index is 12.7. The molecule has 126 valence electrons. The van der Waals surface area contributed by atoms with Crippen molar-refractivity contribution in [1.29, 1.82) is 0 Å². The van der Waals surface area contributed by atoms with Crippen LogP contribution in [-0.2, 0) is 6.54 Å². The van der Waals surface area contributed by atoms with Crippen molar-refractivity contribution in [3.05, 3.63) is 69.7 Å². The van der Waals surface area contributed by atoms with Crippen molar-refractivity contribution in [1.82, 2.24) is 4.90 Å². The third-order valence-corrected chi connectivity index (χ3v) is 5.27. The molecule has 24 heavy (non-hydrogen) atoms. The summed E-state index contributed by atoms with van der Waals surface area (Å²) in [7, 11) is 0. The summed E-state index contributed by atoms with van der Waals surface area (Å²) in [6.07, 6.45) is 1.98. The largest absolute Gasteiger partial charge is 0.339 e. The van der Waals surface area contributed by atoms with Crippen LogP contribution < -0.4 is 5.73 Å². The van der Waals surface area contributed by atoms with Crippen molar-refractivity contribution in [3.8, 4) is 0 Å². The molecule has 3 nitrogen and oxygen atoms in total. The summed E-state index contributed by atoms with van der Waals surface area (Å²) in [6.45, 7) is 4.08. The number of carbonyl (C=O) groups excluding carboxylic acids is 1. The van der Waals surface area contributed by atoms with E-state index in [0.717, 1.165) is 37.1 Å². The molecule has 0 saturated carbocycles. The van der Waals surface area contributed by atoms with E-state index in [4.69, 9.17) is 17.3 Å². The molecule has 0 radical (unpaired) electrons. The lowest BCUT2D eigenvalue weighted by Crippen LogP contribution is -2.38. The van der Waals surface area contributed by atoms with Crippen LogP contribution in [-0.4, -0.2) is 23.9 Å². The van der Waals surface area contributed by atoms with Gasteiger partial charge in [0.05, 0.1) is 0 Å². The van der Waals surface area contributed by atoms with Crippen LogP contribution in [0, 0.1) is 6.92 Å². The van der Waals surface area contributed by atoms with Gasteiger partial charge in [-0.15, -0.1) is 0 Å². The smallest absolute Gasteiger partial charge is 0.253 e. The van der Waals surface area contributed by atoms with E-state index in [2.05, 4.69) is 24.3 Å². The molecular formula is C20H23ClN2O. The number of likely N-dealkylation sites (tertiary alicyclic amines) is 1. The van der Waals surface area contributed by atoms with Crippen molar-refractivity contribution in [2.45, 2.75) is 32.2 Å². The van der Waals surface area contributed by atoms with Gasteiger partial charge in [0, 0.05) is 30.2 Å². The summed E-state index contributed by atoms with van der Waals surface area (Å²) in [6, 6.07) is 14.0. The zero-order valence-corrected chi connectivity index (χ0v) is 14.7. The highest BCUT2D eigenvalue weighted by Crippen LogP contribution is 2.29. The Labute approximate surface area is 148 Å². The SMILES string of the molecule is Cc1cc(C(=O)N2CCC(c3cccc(CN)c3)CC2)ccc1Cl. The van der Waals surface area contributed by atoms with Crippen LogP contribution in [0.25, 0.3) is 0 Å². The summed E-state index contributed by atoms with van der Waals surface area (Å²) in [5.41, 5.74) is 9.91. The topological polar surface area (TPSA) is 46.3 Å². The molecule has 1 aliphatic heterocycles. The predicted octanol–water partition coefficient (Wildman–Crippen LogP) is 4.13. The Hall–Kier alpha value is -1.84. The number of hydrogen-bond donors (Lipinski definition) is 1. The minimum Gasteiger partial charge on any atom is -0.339 e. The molecular weight excluding hydrogens is 320 g/mol. The van der Waals surface area contributed by atoms with E-state index in [0.29, 0.717) is 17.5 Å². The van der Waals surface area contributed by atoms with Crippen LogP contribution in [0.1, 0.15) is 45.8 Å². The number of benzene rings is 2. The van der Waals surface area contributed by atoms with Crippen molar-refractivity contribution < 1.29 is 4.79 Å². The lowest BCUT2D eigenvalue weighted by Gasteiger charge is -2.32. The summed E-state index contributed by atoms with van der Waals surface area (Å²) in [5.74, 6) is 0.608. The first-order chi connectivity index (χ1) is 11.6. The molecule has 1 fully saturated rings. The summed E-state index contributed by atoms with van der Waals surface area (Å²) < 4.78 is 0. The molecule has 2 aromatic carbocycles. The first kappa shape index (κ1) is 17.0. The molecule has 2 N–H and O–H groups in total. The number of halogens is 1. The predicted molar refractivity (Wildman–Crippen MR) is 98.4 cm³/mol. The van der Waals surface area contributed by atoms with Gasteiger partial charge in [-0.25, -0.2) is 0 Å². The fourth-order valence-electron chi connectivity index (χ4n) is 3.35. The van der Waals surface area contributed by atoms with Gasteiger partial charge in [0.25, 0.3) is 5.91 Å². The summed E-state index contributed by atoms with van der Waals surface area (Å²) in [5, 5.41) is 0.699. The maximum Gasteiger partial charge on any atom is 0.253 e. The fraction of sp³-hybridized carbons (Fsp3) is 0.350. The van der Waals surface area contributed by atoms with Crippen LogP contribution in [0.15, 0.2) is 42.5 Å². The monoisotopic (exact) mass is 342 g/mol. The second kappa shape index (κ2) is 7.37. The van der Waals surface area contributed by atoms with Gasteiger partial charge < -0.3 is 10.6 Å². The van der Waals surface area contributed by atoms with E-state index in [1.54, 1.807) is 6.07 Å². The number of nitrogens with zero attached hydrogens (tertiary/aromatic N) is 1. The minimum atomic E-state index is 0.101. The van der Waals surface area contributed by atoms with Crippen LogP contribution in [0.5, 0.6) is 0 Å². The van der Waals surface area contributed by atoms with E-state index >= 15 is 0 Å². The molecule has 1 saturated heterocycles. The zero-order chi connectivity index (χ0) is 17.1. The minimum absolute atomic E-state index is 0.101. The van der Waals surface area contributed by atoms with Crippen molar-refractivity contribution in [2.75, 3.05) is 13.1 Å². The third kappa shape index (κ3) is 3.63. The molecule has 0 bridgehead atoms. The Morgan fingerprint density at radius 1 is 1.21 bits per heavy atom. The van der Waals surface area contributed by atoms with Gasteiger partial charge in [0.1, 0.15) is 0 Å². The van der Waals surface area contributed by atoms with Gasteiger partial charge in [-0.3, -0.25) is 4.79 Å². The third-order valence-electron chi connectivity index (χ3n) is 4.85. The number of hydrogen-bond acceptors (Lipinski definition) is 2. The highest BCUT2D eigenvalue weighted by atomic mass is 35.5. The lowest BCUT2D eigenvalue weighted by atomic mass is 9.88. The van der Waals surface area contributed by atoms with Crippen LogP contribution in [0.2, 0.25) is 5.02 Å². The molecule has 4 heteroatoms. The molecule has 1 aliphatic rings. The fourth-order valence-corrected chi connectivity index (χ4v) is 3.47. The van der Waals surface area contributed by atoms with Gasteiger partial charge in [0.2, 0.25) is 0 Å². The maximum atomic E-state index is 12.7. The van der Waals surface area contributed by atoms with Gasteiger partial charge in [0.15, 0.2) is 0 Å². The molecule has 0 atom stereocenters.